The Balaban J connectivity index is 1.74. The largest absolute Gasteiger partial charge is 0.322 e. The van der Waals surface area contributed by atoms with E-state index in [0.29, 0.717) is 35.9 Å². The number of nitrogens with zero attached hydrogens (tertiary/aromatic N) is 1. The van der Waals surface area contributed by atoms with E-state index in [9.17, 15) is 4.79 Å². The predicted octanol–water partition coefficient (Wildman–Crippen LogP) is 2.76. The number of hydrogen-bond donors (Lipinski definition) is 1. The van der Waals surface area contributed by atoms with Gasteiger partial charge in [-0.05, 0) is 43.4 Å². The van der Waals surface area contributed by atoms with Gasteiger partial charge in [0, 0.05) is 6.04 Å². The van der Waals surface area contributed by atoms with E-state index in [1.807, 2.05) is 0 Å². The first-order chi connectivity index (χ1) is 9.08. The number of rotatable bonds is 4. The quantitative estimate of drug-likeness (QED) is 0.847. The summed E-state index contributed by atoms with van der Waals surface area (Å²) in [5.41, 5.74) is 0. The molecule has 19 heavy (non-hydrogen) atoms. The third-order valence-corrected chi connectivity index (χ3v) is 5.20. The van der Waals surface area contributed by atoms with Crippen LogP contribution in [-0.2, 0) is 4.79 Å². The van der Waals surface area contributed by atoms with E-state index < -0.39 is 0 Å². The molecule has 0 aromatic carbocycles. The highest BCUT2D eigenvalue weighted by Crippen LogP contribution is 2.42. The van der Waals surface area contributed by atoms with Crippen molar-refractivity contribution in [2.24, 2.45) is 17.8 Å². The van der Waals surface area contributed by atoms with E-state index >= 15 is 0 Å². The molecule has 1 aliphatic heterocycles. The molecule has 0 radical (unpaired) electrons. The average Bonchev–Trinajstić information content (AvgIpc) is 2.81. The number of nitrogens with one attached hydrogen (secondary N) is 1. The molecule has 2 saturated carbocycles. The second-order valence-corrected chi connectivity index (χ2v) is 7.36. The highest BCUT2D eigenvalue weighted by molar-refractivity contribution is 5.85. The molecule has 2 aliphatic carbocycles. The second kappa shape index (κ2) is 5.08. The molecule has 1 amide bonds. The minimum absolute atomic E-state index is 0.0819. The van der Waals surface area contributed by atoms with Crippen molar-refractivity contribution in [2.45, 2.75) is 77.5 Å². The van der Waals surface area contributed by atoms with E-state index in [2.05, 4.69) is 31.0 Å². The van der Waals surface area contributed by atoms with Crippen LogP contribution in [0.15, 0.2) is 0 Å². The number of amides is 1. The van der Waals surface area contributed by atoms with Crippen molar-refractivity contribution < 1.29 is 4.79 Å². The molecule has 3 fully saturated rings. The lowest BCUT2D eigenvalue weighted by atomic mass is 10.0. The van der Waals surface area contributed by atoms with Gasteiger partial charge in [-0.25, -0.2) is 0 Å². The zero-order valence-corrected chi connectivity index (χ0v) is 12.6. The molecule has 108 valence electrons. The zero-order valence-electron chi connectivity index (χ0n) is 12.6. The van der Waals surface area contributed by atoms with Crippen molar-refractivity contribution in [2.75, 3.05) is 0 Å². The molecule has 1 N–H and O–H groups in total. The Bertz CT molecular complexity index is 349. The normalized spacial score (nSPS) is 39.6. The highest BCUT2D eigenvalue weighted by Gasteiger charge is 2.51. The summed E-state index contributed by atoms with van der Waals surface area (Å²) < 4.78 is 0. The summed E-state index contributed by atoms with van der Waals surface area (Å²) in [4.78, 5) is 14.9. The smallest absolute Gasteiger partial charge is 0.241 e. The maximum Gasteiger partial charge on any atom is 0.241 e. The molecule has 3 aliphatic rings. The Morgan fingerprint density at radius 3 is 2.47 bits per heavy atom. The minimum Gasteiger partial charge on any atom is -0.322 e. The van der Waals surface area contributed by atoms with E-state index in [1.165, 1.54) is 32.1 Å². The molecule has 3 heteroatoms. The molecule has 0 aromatic heterocycles. The molecule has 3 nitrogen and oxygen atoms in total. The van der Waals surface area contributed by atoms with Crippen molar-refractivity contribution in [1.82, 2.24) is 10.2 Å². The van der Waals surface area contributed by atoms with Crippen LogP contribution < -0.4 is 5.32 Å². The number of hydrogen-bond acceptors (Lipinski definition) is 2. The Hall–Kier alpha value is -0.570. The van der Waals surface area contributed by atoms with Gasteiger partial charge in [-0.15, -0.1) is 0 Å². The predicted molar refractivity (Wildman–Crippen MR) is 76.5 cm³/mol. The molecule has 1 heterocycles. The van der Waals surface area contributed by atoms with Crippen molar-refractivity contribution in [3.05, 3.63) is 0 Å². The lowest BCUT2D eigenvalue weighted by Crippen LogP contribution is -2.44. The zero-order chi connectivity index (χ0) is 13.6. The van der Waals surface area contributed by atoms with Crippen LogP contribution in [0.2, 0.25) is 0 Å². The summed E-state index contributed by atoms with van der Waals surface area (Å²) in [6.07, 6.45) is 7.84. The van der Waals surface area contributed by atoms with E-state index in [0.717, 1.165) is 6.42 Å². The van der Waals surface area contributed by atoms with Gasteiger partial charge >= 0.3 is 0 Å². The lowest BCUT2D eigenvalue weighted by Gasteiger charge is -2.29. The molecule has 3 rings (SSSR count). The molecule has 0 bridgehead atoms. The van der Waals surface area contributed by atoms with Crippen LogP contribution in [0, 0.1) is 17.8 Å². The summed E-state index contributed by atoms with van der Waals surface area (Å²) in [5, 5.41) is 3.68. The molecule has 0 spiro atoms. The van der Waals surface area contributed by atoms with Crippen LogP contribution in [-0.4, -0.2) is 29.1 Å². The van der Waals surface area contributed by atoms with E-state index in [-0.39, 0.29) is 6.04 Å². The summed E-state index contributed by atoms with van der Waals surface area (Å²) in [7, 11) is 0. The minimum atomic E-state index is 0.0819. The molecule has 4 unspecified atom stereocenters. The second-order valence-electron chi connectivity index (χ2n) is 7.36. The van der Waals surface area contributed by atoms with Crippen molar-refractivity contribution in [3.63, 3.8) is 0 Å². The van der Waals surface area contributed by atoms with Crippen molar-refractivity contribution >= 4 is 5.91 Å². The fraction of sp³-hybridized carbons (Fsp3) is 0.938. The van der Waals surface area contributed by atoms with Crippen LogP contribution in [0.1, 0.15) is 59.3 Å². The Morgan fingerprint density at radius 2 is 1.95 bits per heavy atom. The number of carbonyl (C=O) groups is 1. The molecule has 4 atom stereocenters. The van der Waals surface area contributed by atoms with Gasteiger partial charge < -0.3 is 4.90 Å². The fourth-order valence-electron chi connectivity index (χ4n) is 4.01. The van der Waals surface area contributed by atoms with Crippen LogP contribution in [0.5, 0.6) is 0 Å². The average molecular weight is 264 g/mol. The lowest BCUT2D eigenvalue weighted by molar-refractivity contribution is -0.131. The monoisotopic (exact) mass is 264 g/mol. The maximum atomic E-state index is 12.7. The summed E-state index contributed by atoms with van der Waals surface area (Å²) in [5.74, 6) is 2.39. The first-order valence-electron chi connectivity index (χ1n) is 8.16. The number of carbonyl (C=O) groups excluding carboxylic acids is 1. The third-order valence-electron chi connectivity index (χ3n) is 5.20. The molecule has 0 aromatic rings. The third kappa shape index (κ3) is 2.54. The Morgan fingerprint density at radius 1 is 1.32 bits per heavy atom. The molecular formula is C16H28N2O. The molecule has 1 saturated heterocycles. The van der Waals surface area contributed by atoms with Crippen molar-refractivity contribution in [1.29, 1.82) is 0 Å². The van der Waals surface area contributed by atoms with Gasteiger partial charge in [0.15, 0.2) is 0 Å². The van der Waals surface area contributed by atoms with E-state index in [4.69, 9.17) is 0 Å². The van der Waals surface area contributed by atoms with Crippen LogP contribution in [0.4, 0.5) is 0 Å². The van der Waals surface area contributed by atoms with Gasteiger partial charge in [-0.1, -0.05) is 33.6 Å². The SMILES string of the molecule is CC(C)CC1NC(C2CCCC2)N(C2CC2C)C1=O. The van der Waals surface area contributed by atoms with Gasteiger partial charge in [-0.2, -0.15) is 0 Å². The van der Waals surface area contributed by atoms with Gasteiger partial charge in [0.2, 0.25) is 5.91 Å². The molecular weight excluding hydrogens is 236 g/mol. The summed E-state index contributed by atoms with van der Waals surface area (Å²) >= 11 is 0. The Labute approximate surface area is 117 Å². The van der Waals surface area contributed by atoms with E-state index in [1.54, 1.807) is 0 Å². The van der Waals surface area contributed by atoms with Gasteiger partial charge in [0.1, 0.15) is 0 Å². The van der Waals surface area contributed by atoms with Gasteiger partial charge in [0.25, 0.3) is 0 Å². The topological polar surface area (TPSA) is 32.3 Å². The highest BCUT2D eigenvalue weighted by atomic mass is 16.2. The fourth-order valence-corrected chi connectivity index (χ4v) is 4.01. The summed E-state index contributed by atoms with van der Waals surface area (Å²) in [6, 6.07) is 0.612. The first kappa shape index (κ1) is 13.4. The van der Waals surface area contributed by atoms with Gasteiger partial charge in [0.05, 0.1) is 12.2 Å². The maximum absolute atomic E-state index is 12.7. The Kier molecular flexibility index (Phi) is 3.59. The standard InChI is InChI=1S/C16H28N2O/c1-10(2)8-13-16(19)18(14-9-11(14)3)15(17-13)12-6-4-5-7-12/h10-15,17H,4-9H2,1-3H3. The summed E-state index contributed by atoms with van der Waals surface area (Å²) in [6.45, 7) is 6.70. The van der Waals surface area contributed by atoms with Gasteiger partial charge in [-0.3, -0.25) is 10.1 Å². The van der Waals surface area contributed by atoms with Crippen molar-refractivity contribution in [3.8, 4) is 0 Å². The van der Waals surface area contributed by atoms with Crippen LogP contribution in [0.25, 0.3) is 0 Å². The first-order valence-corrected chi connectivity index (χ1v) is 8.16. The van der Waals surface area contributed by atoms with Crippen LogP contribution in [0.3, 0.4) is 0 Å². The van der Waals surface area contributed by atoms with Crippen LogP contribution >= 0.6 is 0 Å².